The van der Waals surface area contributed by atoms with E-state index in [0.717, 1.165) is 40.8 Å². The van der Waals surface area contributed by atoms with Crippen LogP contribution in [0.2, 0.25) is 5.02 Å². The molecule has 0 aliphatic carbocycles. The average molecular weight is 401 g/mol. The fraction of sp³-hybridized carbons (Fsp3) is 0.333. The molecule has 1 saturated heterocycles. The standard InChI is InChI=1S/C21H21ClN2O2S/c1-13-5-6-14(2)17(10-13)20(25)24(12-16-4-3-9-26-16)21-23-18-8-7-15(22)11-19(18)27-21/h5-8,10-11,16H,3-4,9,12H2,1-2H3. The third-order valence-electron chi connectivity index (χ3n) is 4.85. The van der Waals surface area contributed by atoms with Gasteiger partial charge < -0.3 is 4.74 Å². The van der Waals surface area contributed by atoms with Crippen LogP contribution in [0.3, 0.4) is 0 Å². The number of fused-ring (bicyclic) bond motifs is 1. The maximum absolute atomic E-state index is 13.5. The summed E-state index contributed by atoms with van der Waals surface area (Å²) in [5, 5.41) is 1.36. The number of hydrogen-bond acceptors (Lipinski definition) is 4. The number of amides is 1. The first-order valence-electron chi connectivity index (χ1n) is 9.08. The Labute approximate surface area is 167 Å². The highest BCUT2D eigenvalue weighted by molar-refractivity contribution is 7.22. The van der Waals surface area contributed by atoms with Crippen molar-refractivity contribution < 1.29 is 9.53 Å². The molecule has 1 aliphatic heterocycles. The van der Waals surface area contributed by atoms with Crippen molar-refractivity contribution in [1.82, 2.24) is 4.98 Å². The van der Waals surface area contributed by atoms with Crippen LogP contribution in [0.1, 0.15) is 34.3 Å². The summed E-state index contributed by atoms with van der Waals surface area (Å²) >= 11 is 7.61. The molecule has 0 spiro atoms. The second kappa shape index (κ2) is 7.58. The minimum atomic E-state index is -0.0307. The molecule has 2 aromatic carbocycles. The van der Waals surface area contributed by atoms with Gasteiger partial charge in [-0.1, -0.05) is 40.6 Å². The predicted octanol–water partition coefficient (Wildman–Crippen LogP) is 5.39. The van der Waals surface area contributed by atoms with Crippen molar-refractivity contribution in [1.29, 1.82) is 0 Å². The number of carbonyl (C=O) groups excluding carboxylic acids is 1. The first-order chi connectivity index (χ1) is 13.0. The van der Waals surface area contributed by atoms with Crippen molar-refractivity contribution in [3.05, 3.63) is 58.1 Å². The van der Waals surface area contributed by atoms with Crippen molar-refractivity contribution in [3.63, 3.8) is 0 Å². The third-order valence-corrected chi connectivity index (χ3v) is 6.13. The molecule has 4 rings (SSSR count). The van der Waals surface area contributed by atoms with E-state index >= 15 is 0 Å². The highest BCUT2D eigenvalue weighted by Crippen LogP contribution is 2.32. The van der Waals surface area contributed by atoms with Crippen molar-refractivity contribution in [2.24, 2.45) is 0 Å². The third kappa shape index (κ3) is 3.86. The molecular weight excluding hydrogens is 380 g/mol. The van der Waals surface area contributed by atoms with Gasteiger partial charge in [-0.2, -0.15) is 0 Å². The van der Waals surface area contributed by atoms with Gasteiger partial charge in [0.15, 0.2) is 5.13 Å². The van der Waals surface area contributed by atoms with E-state index in [1.165, 1.54) is 11.3 Å². The maximum Gasteiger partial charge on any atom is 0.260 e. The number of benzene rings is 2. The lowest BCUT2D eigenvalue weighted by molar-refractivity contribution is 0.0917. The van der Waals surface area contributed by atoms with Gasteiger partial charge in [-0.15, -0.1) is 0 Å². The number of ether oxygens (including phenoxy) is 1. The summed E-state index contributed by atoms with van der Waals surface area (Å²) in [6.45, 7) is 5.24. The zero-order chi connectivity index (χ0) is 19.0. The van der Waals surface area contributed by atoms with Crippen molar-refractivity contribution in [2.75, 3.05) is 18.1 Å². The molecule has 1 unspecified atom stereocenters. The van der Waals surface area contributed by atoms with Gasteiger partial charge in [0.25, 0.3) is 5.91 Å². The Bertz CT molecular complexity index is 995. The number of nitrogens with zero attached hydrogens (tertiary/aromatic N) is 2. The van der Waals surface area contributed by atoms with E-state index in [2.05, 4.69) is 0 Å². The molecule has 1 aromatic heterocycles. The maximum atomic E-state index is 13.5. The van der Waals surface area contributed by atoms with Crippen molar-refractivity contribution >= 4 is 44.2 Å². The lowest BCUT2D eigenvalue weighted by Crippen LogP contribution is -2.37. The zero-order valence-corrected chi connectivity index (χ0v) is 16.9. The van der Waals surface area contributed by atoms with Crippen LogP contribution in [0.4, 0.5) is 5.13 Å². The molecule has 0 bridgehead atoms. The van der Waals surface area contributed by atoms with E-state index in [-0.39, 0.29) is 12.0 Å². The SMILES string of the molecule is Cc1ccc(C)c(C(=O)N(CC2CCCO2)c2nc3ccc(Cl)cc3s2)c1. The molecule has 0 saturated carbocycles. The lowest BCUT2D eigenvalue weighted by atomic mass is 10.0. The molecule has 3 aromatic rings. The second-order valence-corrected chi connectivity index (χ2v) is 8.42. The smallest absolute Gasteiger partial charge is 0.260 e. The first kappa shape index (κ1) is 18.4. The van der Waals surface area contributed by atoms with Gasteiger partial charge in [-0.05, 0) is 56.5 Å². The Morgan fingerprint density at radius 1 is 1.30 bits per heavy atom. The number of aryl methyl sites for hydroxylation is 2. The van der Waals surface area contributed by atoms with E-state index in [1.807, 2.05) is 50.2 Å². The summed E-state index contributed by atoms with van der Waals surface area (Å²) in [5.41, 5.74) is 3.60. The molecule has 1 atom stereocenters. The van der Waals surface area contributed by atoms with Gasteiger partial charge in [0.05, 0.1) is 22.9 Å². The highest BCUT2D eigenvalue weighted by atomic mass is 35.5. The first-order valence-corrected chi connectivity index (χ1v) is 10.3. The molecule has 6 heteroatoms. The van der Waals surface area contributed by atoms with Crippen LogP contribution < -0.4 is 4.90 Å². The lowest BCUT2D eigenvalue weighted by Gasteiger charge is -2.24. The zero-order valence-electron chi connectivity index (χ0n) is 15.4. The molecule has 1 amide bonds. The Kier molecular flexibility index (Phi) is 5.17. The van der Waals surface area contributed by atoms with Crippen LogP contribution in [0.15, 0.2) is 36.4 Å². The number of hydrogen-bond donors (Lipinski definition) is 0. The van der Waals surface area contributed by atoms with E-state index in [1.54, 1.807) is 4.90 Å². The number of rotatable bonds is 4. The highest BCUT2D eigenvalue weighted by Gasteiger charge is 2.27. The van der Waals surface area contributed by atoms with Gasteiger partial charge in [0.1, 0.15) is 0 Å². The summed E-state index contributed by atoms with van der Waals surface area (Å²) in [4.78, 5) is 19.9. The summed E-state index contributed by atoms with van der Waals surface area (Å²) in [7, 11) is 0. The van der Waals surface area contributed by atoms with E-state index in [0.29, 0.717) is 22.3 Å². The molecule has 1 aliphatic rings. The van der Waals surface area contributed by atoms with Crippen LogP contribution >= 0.6 is 22.9 Å². The summed E-state index contributed by atoms with van der Waals surface area (Å²) in [6.07, 6.45) is 2.05. The largest absolute Gasteiger partial charge is 0.376 e. The monoisotopic (exact) mass is 400 g/mol. The molecular formula is C21H21ClN2O2S. The van der Waals surface area contributed by atoms with Crippen LogP contribution in [0.5, 0.6) is 0 Å². The predicted molar refractivity (Wildman–Crippen MR) is 111 cm³/mol. The quantitative estimate of drug-likeness (QED) is 0.589. The van der Waals surface area contributed by atoms with Crippen LogP contribution in [0, 0.1) is 13.8 Å². The van der Waals surface area contributed by atoms with Crippen LogP contribution in [-0.4, -0.2) is 30.1 Å². The summed E-state index contributed by atoms with van der Waals surface area (Å²) in [6, 6.07) is 11.6. The molecule has 0 N–H and O–H groups in total. The van der Waals surface area contributed by atoms with E-state index in [4.69, 9.17) is 21.3 Å². The normalized spacial score (nSPS) is 16.8. The number of carbonyl (C=O) groups is 1. The molecule has 2 heterocycles. The second-order valence-electron chi connectivity index (χ2n) is 6.98. The Morgan fingerprint density at radius 3 is 2.93 bits per heavy atom. The topological polar surface area (TPSA) is 42.4 Å². The number of aromatic nitrogens is 1. The minimum Gasteiger partial charge on any atom is -0.376 e. The number of thiazole rings is 1. The summed E-state index contributed by atoms with van der Waals surface area (Å²) < 4.78 is 6.78. The molecule has 27 heavy (non-hydrogen) atoms. The van der Waals surface area contributed by atoms with Gasteiger partial charge in [0.2, 0.25) is 0 Å². The van der Waals surface area contributed by atoms with Crippen molar-refractivity contribution in [2.45, 2.75) is 32.8 Å². The van der Waals surface area contributed by atoms with Gasteiger partial charge >= 0.3 is 0 Å². The van der Waals surface area contributed by atoms with Crippen molar-refractivity contribution in [3.8, 4) is 0 Å². The molecule has 1 fully saturated rings. The number of halogens is 1. The fourth-order valence-electron chi connectivity index (χ4n) is 3.35. The van der Waals surface area contributed by atoms with Gasteiger partial charge in [0, 0.05) is 17.2 Å². The van der Waals surface area contributed by atoms with Gasteiger partial charge in [-0.3, -0.25) is 9.69 Å². The van der Waals surface area contributed by atoms with E-state index < -0.39 is 0 Å². The van der Waals surface area contributed by atoms with Crippen LogP contribution in [0.25, 0.3) is 10.2 Å². The molecule has 0 radical (unpaired) electrons. The minimum absolute atomic E-state index is 0.0307. The van der Waals surface area contributed by atoms with Gasteiger partial charge in [-0.25, -0.2) is 4.98 Å². The number of anilines is 1. The Balaban J connectivity index is 1.75. The molecule has 140 valence electrons. The molecule has 4 nitrogen and oxygen atoms in total. The van der Waals surface area contributed by atoms with E-state index in [9.17, 15) is 4.79 Å². The fourth-order valence-corrected chi connectivity index (χ4v) is 4.60. The average Bonchev–Trinajstić information content (AvgIpc) is 3.30. The van der Waals surface area contributed by atoms with Crippen LogP contribution in [-0.2, 0) is 4.74 Å². The summed E-state index contributed by atoms with van der Waals surface area (Å²) in [5.74, 6) is -0.0307. The Morgan fingerprint density at radius 2 is 2.15 bits per heavy atom. The Hall–Kier alpha value is -1.95.